The molecule has 5 heteroatoms. The van der Waals surface area contributed by atoms with Crippen LogP contribution < -0.4 is 22.1 Å². The second-order valence-electron chi connectivity index (χ2n) is 8.24. The van der Waals surface area contributed by atoms with Gasteiger partial charge in [-0.1, -0.05) is 48.5 Å². The van der Waals surface area contributed by atoms with Gasteiger partial charge in [0.25, 0.3) is 0 Å². The SMILES string of the molecule is NCCNc1cccc(-c2ccc3c(c2)[nH]c2cc(-c4cccc(NCCN)c4)ccc23)c1. The van der Waals surface area contributed by atoms with Crippen molar-refractivity contribution < 1.29 is 0 Å². The number of nitrogens with two attached hydrogens (primary N) is 2. The van der Waals surface area contributed by atoms with E-state index in [1.54, 1.807) is 0 Å². The number of benzene rings is 4. The number of rotatable bonds is 8. The third-order valence-corrected chi connectivity index (χ3v) is 5.94. The van der Waals surface area contributed by atoms with Crippen LogP contribution in [0.4, 0.5) is 11.4 Å². The normalized spacial score (nSPS) is 11.2. The largest absolute Gasteiger partial charge is 0.384 e. The van der Waals surface area contributed by atoms with Gasteiger partial charge in [0.15, 0.2) is 0 Å². The Labute approximate surface area is 193 Å². The summed E-state index contributed by atoms with van der Waals surface area (Å²) in [5.41, 5.74) is 20.4. The van der Waals surface area contributed by atoms with Crippen LogP contribution in [-0.4, -0.2) is 31.2 Å². The lowest BCUT2D eigenvalue weighted by Crippen LogP contribution is -2.12. The molecule has 0 saturated carbocycles. The average Bonchev–Trinajstić information content (AvgIpc) is 3.23. The second-order valence-corrected chi connectivity index (χ2v) is 8.24. The van der Waals surface area contributed by atoms with Crippen molar-refractivity contribution >= 4 is 33.2 Å². The van der Waals surface area contributed by atoms with Crippen LogP contribution >= 0.6 is 0 Å². The Hall–Kier alpha value is -3.80. The molecule has 166 valence electrons. The summed E-state index contributed by atoms with van der Waals surface area (Å²) in [6.45, 7) is 2.75. The van der Waals surface area contributed by atoms with Gasteiger partial charge in [-0.2, -0.15) is 0 Å². The maximum atomic E-state index is 5.62. The van der Waals surface area contributed by atoms with Gasteiger partial charge in [0.2, 0.25) is 0 Å². The van der Waals surface area contributed by atoms with E-state index in [4.69, 9.17) is 11.5 Å². The summed E-state index contributed by atoms with van der Waals surface area (Å²) in [6, 6.07) is 30.2. The van der Waals surface area contributed by atoms with Gasteiger partial charge in [-0.15, -0.1) is 0 Å². The summed E-state index contributed by atoms with van der Waals surface area (Å²) in [4.78, 5) is 3.63. The number of nitrogens with one attached hydrogen (secondary N) is 3. The molecule has 0 fully saturated rings. The molecule has 0 radical (unpaired) electrons. The molecule has 1 heterocycles. The highest BCUT2D eigenvalue weighted by Gasteiger charge is 2.09. The van der Waals surface area contributed by atoms with Gasteiger partial charge < -0.3 is 27.1 Å². The van der Waals surface area contributed by atoms with Gasteiger partial charge in [0.1, 0.15) is 0 Å². The number of anilines is 2. The van der Waals surface area contributed by atoms with Crippen molar-refractivity contribution in [3.8, 4) is 22.3 Å². The first-order chi connectivity index (χ1) is 16.2. The summed E-state index contributed by atoms with van der Waals surface area (Å²) < 4.78 is 0. The molecule has 0 aliphatic heterocycles. The highest BCUT2D eigenvalue weighted by Crippen LogP contribution is 2.33. The number of hydrogen-bond donors (Lipinski definition) is 5. The highest BCUT2D eigenvalue weighted by atomic mass is 14.9. The molecule has 4 aromatic carbocycles. The molecule has 5 nitrogen and oxygen atoms in total. The average molecular weight is 436 g/mol. The molecule has 5 rings (SSSR count). The fourth-order valence-electron chi connectivity index (χ4n) is 4.32. The molecule has 0 aliphatic rings. The zero-order valence-electron chi connectivity index (χ0n) is 18.6. The lowest BCUT2D eigenvalue weighted by atomic mass is 10.0. The van der Waals surface area contributed by atoms with E-state index >= 15 is 0 Å². The number of H-pyrrole nitrogens is 1. The molecule has 33 heavy (non-hydrogen) atoms. The number of aromatic amines is 1. The molecule has 5 aromatic rings. The van der Waals surface area contributed by atoms with E-state index in [0.29, 0.717) is 13.1 Å². The lowest BCUT2D eigenvalue weighted by Gasteiger charge is -2.08. The lowest BCUT2D eigenvalue weighted by molar-refractivity contribution is 1.02. The third-order valence-electron chi connectivity index (χ3n) is 5.94. The van der Waals surface area contributed by atoms with E-state index in [1.165, 1.54) is 33.0 Å². The summed E-state index contributed by atoms with van der Waals surface area (Å²) >= 11 is 0. The molecule has 0 aliphatic carbocycles. The number of aromatic nitrogens is 1. The standard InChI is InChI=1S/C28H29N5/c29-11-13-31-23-5-1-3-19(15-23)21-7-9-25-26-10-8-22(18-28(26)33-27(25)17-21)20-4-2-6-24(16-20)32-14-12-30/h1-10,15-18,31-33H,11-14,29-30H2. The fraction of sp³-hybridized carbons (Fsp3) is 0.143. The Morgan fingerprint density at radius 2 is 1.00 bits per heavy atom. The Kier molecular flexibility index (Phi) is 5.98. The maximum Gasteiger partial charge on any atom is 0.0471 e. The predicted molar refractivity (Wildman–Crippen MR) is 142 cm³/mol. The first-order valence-electron chi connectivity index (χ1n) is 11.4. The zero-order valence-corrected chi connectivity index (χ0v) is 18.6. The van der Waals surface area contributed by atoms with Gasteiger partial charge in [-0.3, -0.25) is 0 Å². The van der Waals surface area contributed by atoms with Crippen molar-refractivity contribution in [1.29, 1.82) is 0 Å². The Balaban J connectivity index is 1.49. The summed E-state index contributed by atoms with van der Waals surface area (Å²) in [7, 11) is 0. The van der Waals surface area contributed by atoms with E-state index in [-0.39, 0.29) is 0 Å². The zero-order chi connectivity index (χ0) is 22.6. The maximum absolute atomic E-state index is 5.62. The molecule has 0 atom stereocenters. The number of fused-ring (bicyclic) bond motifs is 3. The predicted octanol–water partition coefficient (Wildman–Crippen LogP) is 5.40. The molecule has 0 saturated heterocycles. The Morgan fingerprint density at radius 1 is 0.545 bits per heavy atom. The van der Waals surface area contributed by atoms with Crippen LogP contribution in [0.25, 0.3) is 44.1 Å². The van der Waals surface area contributed by atoms with Crippen molar-refractivity contribution in [3.05, 3.63) is 84.9 Å². The first-order valence-corrected chi connectivity index (χ1v) is 11.4. The minimum atomic E-state index is 0.613. The fourth-order valence-corrected chi connectivity index (χ4v) is 4.32. The van der Waals surface area contributed by atoms with Gasteiger partial charge in [-0.05, 0) is 58.7 Å². The van der Waals surface area contributed by atoms with E-state index in [1.807, 2.05) is 0 Å². The third kappa shape index (κ3) is 4.42. The number of hydrogen-bond acceptors (Lipinski definition) is 4. The van der Waals surface area contributed by atoms with Crippen LogP contribution in [0.2, 0.25) is 0 Å². The van der Waals surface area contributed by atoms with Crippen molar-refractivity contribution in [3.63, 3.8) is 0 Å². The van der Waals surface area contributed by atoms with Crippen LogP contribution in [0.5, 0.6) is 0 Å². The minimum Gasteiger partial charge on any atom is -0.384 e. The van der Waals surface area contributed by atoms with Crippen molar-refractivity contribution in [2.24, 2.45) is 11.5 Å². The van der Waals surface area contributed by atoms with Crippen LogP contribution in [0.15, 0.2) is 84.9 Å². The second kappa shape index (κ2) is 9.36. The van der Waals surface area contributed by atoms with E-state index in [2.05, 4.69) is 101 Å². The van der Waals surface area contributed by atoms with E-state index < -0.39 is 0 Å². The van der Waals surface area contributed by atoms with E-state index in [9.17, 15) is 0 Å². The van der Waals surface area contributed by atoms with E-state index in [0.717, 1.165) is 35.5 Å². The summed E-state index contributed by atoms with van der Waals surface area (Å²) in [5, 5.41) is 9.18. The van der Waals surface area contributed by atoms with Gasteiger partial charge in [0.05, 0.1) is 0 Å². The molecule has 0 unspecified atom stereocenters. The molecule has 7 N–H and O–H groups in total. The van der Waals surface area contributed by atoms with Gasteiger partial charge in [0, 0.05) is 59.4 Å². The molecular formula is C28H29N5. The van der Waals surface area contributed by atoms with Crippen molar-refractivity contribution in [2.45, 2.75) is 0 Å². The monoisotopic (exact) mass is 435 g/mol. The molecule has 0 spiro atoms. The van der Waals surface area contributed by atoms with Crippen molar-refractivity contribution in [1.82, 2.24) is 4.98 Å². The van der Waals surface area contributed by atoms with Gasteiger partial charge >= 0.3 is 0 Å². The Bertz CT molecular complexity index is 1300. The van der Waals surface area contributed by atoms with Crippen LogP contribution in [0.1, 0.15) is 0 Å². The minimum absolute atomic E-state index is 0.613. The highest BCUT2D eigenvalue weighted by molar-refractivity contribution is 6.09. The van der Waals surface area contributed by atoms with Crippen molar-refractivity contribution in [2.75, 3.05) is 36.8 Å². The molecule has 0 amide bonds. The van der Waals surface area contributed by atoms with Crippen LogP contribution in [-0.2, 0) is 0 Å². The summed E-state index contributed by atoms with van der Waals surface area (Å²) in [5.74, 6) is 0. The van der Waals surface area contributed by atoms with Gasteiger partial charge in [-0.25, -0.2) is 0 Å². The van der Waals surface area contributed by atoms with Crippen LogP contribution in [0, 0.1) is 0 Å². The van der Waals surface area contributed by atoms with Crippen LogP contribution in [0.3, 0.4) is 0 Å². The smallest absolute Gasteiger partial charge is 0.0471 e. The molecule has 1 aromatic heterocycles. The Morgan fingerprint density at radius 3 is 1.45 bits per heavy atom. The topological polar surface area (TPSA) is 91.9 Å². The molecule has 0 bridgehead atoms. The first kappa shape index (κ1) is 21.1. The summed E-state index contributed by atoms with van der Waals surface area (Å²) in [6.07, 6.45) is 0. The molecular weight excluding hydrogens is 406 g/mol. The quantitative estimate of drug-likeness (QED) is 0.226.